The zero-order chi connectivity index (χ0) is 18.1. The van der Waals surface area contributed by atoms with Gasteiger partial charge in [-0.3, -0.25) is 19.9 Å². The number of hydrogen-bond acceptors (Lipinski definition) is 7. The molecule has 3 aromatic heterocycles. The number of hydrogen-bond donors (Lipinski definition) is 1. The van der Waals surface area contributed by atoms with Gasteiger partial charge in [-0.05, 0) is 24.3 Å². The van der Waals surface area contributed by atoms with E-state index in [9.17, 15) is 14.9 Å². The SMILES string of the molecule is O=c1[nH]c2nnc(-c3ccc([N+](=O)[O-])cc3)n2nc1CCc1ccco1. The summed E-state index contributed by atoms with van der Waals surface area (Å²) in [6.07, 6.45) is 2.49. The topological polar surface area (TPSA) is 132 Å². The first-order chi connectivity index (χ1) is 12.6. The first-order valence-corrected chi connectivity index (χ1v) is 7.73. The van der Waals surface area contributed by atoms with Gasteiger partial charge in [-0.1, -0.05) is 0 Å². The normalized spacial score (nSPS) is 11.1. The maximum absolute atomic E-state index is 12.2. The quantitative estimate of drug-likeness (QED) is 0.427. The van der Waals surface area contributed by atoms with Gasteiger partial charge < -0.3 is 4.42 Å². The van der Waals surface area contributed by atoms with Crippen molar-refractivity contribution in [2.24, 2.45) is 0 Å². The lowest BCUT2D eigenvalue weighted by Gasteiger charge is -2.02. The largest absolute Gasteiger partial charge is 0.469 e. The molecule has 130 valence electrons. The highest BCUT2D eigenvalue weighted by molar-refractivity contribution is 5.59. The number of nitrogens with zero attached hydrogens (tertiary/aromatic N) is 5. The van der Waals surface area contributed by atoms with Crippen LogP contribution in [0.3, 0.4) is 0 Å². The molecule has 0 atom stereocenters. The molecule has 10 nitrogen and oxygen atoms in total. The van der Waals surface area contributed by atoms with E-state index in [-0.39, 0.29) is 17.0 Å². The van der Waals surface area contributed by atoms with Gasteiger partial charge in [0.1, 0.15) is 11.5 Å². The van der Waals surface area contributed by atoms with Crippen molar-refractivity contribution in [3.05, 3.63) is 74.6 Å². The molecule has 1 aromatic carbocycles. The van der Waals surface area contributed by atoms with E-state index in [0.717, 1.165) is 5.76 Å². The van der Waals surface area contributed by atoms with Crippen LogP contribution in [0.15, 0.2) is 51.9 Å². The van der Waals surface area contributed by atoms with Gasteiger partial charge in [0.2, 0.25) is 0 Å². The fourth-order valence-electron chi connectivity index (χ4n) is 2.56. The smallest absolute Gasteiger partial charge is 0.274 e. The first-order valence-electron chi connectivity index (χ1n) is 7.73. The van der Waals surface area contributed by atoms with Crippen LogP contribution in [0.2, 0.25) is 0 Å². The van der Waals surface area contributed by atoms with Gasteiger partial charge in [-0.15, -0.1) is 10.2 Å². The minimum atomic E-state index is -0.478. The summed E-state index contributed by atoms with van der Waals surface area (Å²) in [5, 5.41) is 23.0. The summed E-state index contributed by atoms with van der Waals surface area (Å²) in [5.74, 6) is 1.33. The number of H-pyrrole nitrogens is 1. The van der Waals surface area contributed by atoms with E-state index >= 15 is 0 Å². The third kappa shape index (κ3) is 2.83. The fourth-order valence-corrected chi connectivity index (χ4v) is 2.56. The van der Waals surface area contributed by atoms with E-state index in [0.29, 0.717) is 29.9 Å². The van der Waals surface area contributed by atoms with Crippen molar-refractivity contribution in [3.8, 4) is 11.4 Å². The second-order valence-electron chi connectivity index (χ2n) is 5.54. The molecule has 26 heavy (non-hydrogen) atoms. The van der Waals surface area contributed by atoms with Crippen LogP contribution in [0, 0.1) is 10.1 Å². The molecule has 3 heterocycles. The lowest BCUT2D eigenvalue weighted by molar-refractivity contribution is -0.384. The molecule has 0 aliphatic carbocycles. The number of nitro groups is 1. The van der Waals surface area contributed by atoms with Gasteiger partial charge in [0.25, 0.3) is 17.0 Å². The van der Waals surface area contributed by atoms with Crippen LogP contribution >= 0.6 is 0 Å². The van der Waals surface area contributed by atoms with Crippen LogP contribution in [-0.2, 0) is 12.8 Å². The summed E-state index contributed by atoms with van der Waals surface area (Å²) in [6.45, 7) is 0. The average molecular weight is 352 g/mol. The van der Waals surface area contributed by atoms with Gasteiger partial charge in [-0.25, -0.2) is 0 Å². The summed E-state index contributed by atoms with van der Waals surface area (Å²) in [6, 6.07) is 9.48. The highest BCUT2D eigenvalue weighted by atomic mass is 16.6. The van der Waals surface area contributed by atoms with Gasteiger partial charge in [0.05, 0.1) is 11.2 Å². The Balaban J connectivity index is 1.71. The first kappa shape index (κ1) is 15.7. The molecule has 0 bridgehead atoms. The molecular weight excluding hydrogens is 340 g/mol. The monoisotopic (exact) mass is 352 g/mol. The summed E-state index contributed by atoms with van der Waals surface area (Å²) >= 11 is 0. The Hall–Kier alpha value is -3.82. The summed E-state index contributed by atoms with van der Waals surface area (Å²) in [5.41, 5.74) is 0.547. The molecule has 0 saturated carbocycles. The number of furan rings is 1. The highest BCUT2D eigenvalue weighted by Gasteiger charge is 2.14. The number of aromatic nitrogens is 5. The minimum absolute atomic E-state index is 0.0249. The molecular formula is C16H12N6O4. The van der Waals surface area contributed by atoms with Crippen molar-refractivity contribution in [1.29, 1.82) is 0 Å². The number of nitrogens with one attached hydrogen (secondary N) is 1. The molecule has 0 fully saturated rings. The predicted octanol–water partition coefficient (Wildman–Crippen LogP) is 1.77. The average Bonchev–Trinajstić information content (AvgIpc) is 3.29. The van der Waals surface area contributed by atoms with E-state index in [2.05, 4.69) is 20.3 Å². The van der Waals surface area contributed by atoms with Crippen LogP contribution in [0.4, 0.5) is 5.69 Å². The van der Waals surface area contributed by atoms with Crippen molar-refractivity contribution in [2.75, 3.05) is 0 Å². The maximum atomic E-state index is 12.2. The van der Waals surface area contributed by atoms with Crippen molar-refractivity contribution in [3.63, 3.8) is 0 Å². The Labute approximate surface area is 145 Å². The van der Waals surface area contributed by atoms with Gasteiger partial charge in [-0.2, -0.15) is 9.61 Å². The van der Waals surface area contributed by atoms with Gasteiger partial charge >= 0.3 is 0 Å². The van der Waals surface area contributed by atoms with E-state index < -0.39 is 4.92 Å². The number of rotatable bonds is 5. The van der Waals surface area contributed by atoms with Crippen molar-refractivity contribution in [2.45, 2.75) is 12.8 Å². The maximum Gasteiger partial charge on any atom is 0.274 e. The van der Waals surface area contributed by atoms with E-state index in [1.165, 1.54) is 16.6 Å². The van der Waals surface area contributed by atoms with E-state index in [1.54, 1.807) is 24.5 Å². The zero-order valence-corrected chi connectivity index (χ0v) is 13.3. The summed E-state index contributed by atoms with van der Waals surface area (Å²) < 4.78 is 6.68. The molecule has 10 heteroatoms. The van der Waals surface area contributed by atoms with Crippen LogP contribution in [0.25, 0.3) is 17.2 Å². The van der Waals surface area contributed by atoms with E-state index in [4.69, 9.17) is 4.42 Å². The number of non-ortho nitro benzene ring substituents is 1. The molecule has 0 unspecified atom stereocenters. The van der Waals surface area contributed by atoms with E-state index in [1.807, 2.05) is 6.07 Å². The lowest BCUT2D eigenvalue weighted by atomic mass is 10.2. The van der Waals surface area contributed by atoms with Crippen molar-refractivity contribution in [1.82, 2.24) is 24.8 Å². The molecule has 1 N–H and O–H groups in total. The Morgan fingerprint density at radius 3 is 2.65 bits per heavy atom. The molecule has 0 radical (unpaired) electrons. The summed E-state index contributed by atoms with van der Waals surface area (Å²) in [7, 11) is 0. The minimum Gasteiger partial charge on any atom is -0.469 e. The number of benzene rings is 1. The Bertz CT molecular complexity index is 1130. The standard InChI is InChI=1S/C16H12N6O4/c23-15-13(8-7-12-2-1-9-26-12)20-21-14(18-19-16(21)17-15)10-3-5-11(6-4-10)22(24)25/h1-6,9H,7-8H2,(H,17,19,23). The lowest BCUT2D eigenvalue weighted by Crippen LogP contribution is -2.19. The third-order valence-electron chi connectivity index (χ3n) is 3.87. The molecule has 4 rings (SSSR count). The highest BCUT2D eigenvalue weighted by Crippen LogP contribution is 2.20. The Kier molecular flexibility index (Phi) is 3.77. The number of aromatic amines is 1. The molecule has 0 saturated heterocycles. The predicted molar refractivity (Wildman–Crippen MR) is 89.6 cm³/mol. The van der Waals surface area contributed by atoms with Crippen LogP contribution in [-0.4, -0.2) is 29.7 Å². The van der Waals surface area contributed by atoms with Crippen molar-refractivity contribution >= 4 is 11.5 Å². The molecule has 0 aliphatic rings. The second-order valence-corrected chi connectivity index (χ2v) is 5.54. The summed E-state index contributed by atoms with van der Waals surface area (Å²) in [4.78, 5) is 25.1. The van der Waals surface area contributed by atoms with Crippen LogP contribution in [0.5, 0.6) is 0 Å². The van der Waals surface area contributed by atoms with Crippen LogP contribution < -0.4 is 5.56 Å². The van der Waals surface area contributed by atoms with Crippen molar-refractivity contribution < 1.29 is 9.34 Å². The number of aryl methyl sites for hydroxylation is 2. The second kappa shape index (κ2) is 6.24. The molecule has 4 aromatic rings. The Morgan fingerprint density at radius 2 is 1.96 bits per heavy atom. The number of nitro benzene ring substituents is 1. The zero-order valence-electron chi connectivity index (χ0n) is 13.3. The van der Waals surface area contributed by atoms with Crippen LogP contribution in [0.1, 0.15) is 11.5 Å². The van der Waals surface area contributed by atoms with Gasteiger partial charge in [0.15, 0.2) is 5.82 Å². The van der Waals surface area contributed by atoms with Gasteiger partial charge in [0, 0.05) is 30.5 Å². The fraction of sp³-hybridized carbons (Fsp3) is 0.125. The molecule has 0 amide bonds. The molecule has 0 spiro atoms. The third-order valence-corrected chi connectivity index (χ3v) is 3.87. The number of fused-ring (bicyclic) bond motifs is 1. The Morgan fingerprint density at radius 1 is 1.15 bits per heavy atom. The molecule has 0 aliphatic heterocycles.